The van der Waals surface area contributed by atoms with E-state index in [0.717, 1.165) is 34.0 Å². The van der Waals surface area contributed by atoms with Crippen molar-refractivity contribution in [3.63, 3.8) is 0 Å². The van der Waals surface area contributed by atoms with Crippen LogP contribution >= 0.6 is 0 Å². The molecule has 1 heterocycles. The first-order chi connectivity index (χ1) is 14.4. The third kappa shape index (κ3) is 7.10. The summed E-state index contributed by atoms with van der Waals surface area (Å²) in [6.45, 7) is 5.61. The van der Waals surface area contributed by atoms with Gasteiger partial charge in [0.2, 0.25) is 16.1 Å². The summed E-state index contributed by atoms with van der Waals surface area (Å²) in [5.74, 6) is -6.37. The molecule has 0 saturated carbocycles. The van der Waals surface area contributed by atoms with Crippen molar-refractivity contribution < 1.29 is 55.7 Å². The zero-order valence-electron chi connectivity index (χ0n) is 18.8. The second-order valence-corrected chi connectivity index (χ2v) is 9.54. The monoisotopic (exact) mass is 485 g/mol. The van der Waals surface area contributed by atoms with Gasteiger partial charge < -0.3 is 23.7 Å². The maximum Gasteiger partial charge on any atom is 0.305 e. The summed E-state index contributed by atoms with van der Waals surface area (Å²) in [6.07, 6.45) is -5.07. The molecular weight excluding hydrogens is 457 g/mol. The van der Waals surface area contributed by atoms with Crippen LogP contribution < -0.4 is 4.72 Å². The Morgan fingerprint density at radius 1 is 1.03 bits per heavy atom. The molecule has 0 aromatic rings. The number of ether oxygens (including phenoxy) is 5. The minimum Gasteiger partial charge on any atom is -0.462 e. The summed E-state index contributed by atoms with van der Waals surface area (Å²) < 4.78 is 67.8. The maximum atomic E-state index is 15.4. The highest BCUT2D eigenvalue weighted by Gasteiger charge is 2.67. The molecular formula is C18H28FNO11S. The molecule has 0 spiro atoms. The Morgan fingerprint density at radius 3 is 2.00 bits per heavy atom. The molecule has 1 aliphatic heterocycles. The second-order valence-electron chi connectivity index (χ2n) is 7.76. The highest BCUT2D eigenvalue weighted by Crippen LogP contribution is 2.43. The molecule has 0 aromatic heterocycles. The van der Waals surface area contributed by atoms with Gasteiger partial charge in [-0.3, -0.25) is 19.2 Å². The van der Waals surface area contributed by atoms with Crippen molar-refractivity contribution in [2.75, 3.05) is 12.9 Å². The van der Waals surface area contributed by atoms with E-state index in [1.54, 1.807) is 0 Å². The first kappa shape index (κ1) is 27.7. The van der Waals surface area contributed by atoms with Crippen LogP contribution in [-0.4, -0.2) is 81.0 Å². The quantitative estimate of drug-likeness (QED) is 0.356. The van der Waals surface area contributed by atoms with Crippen LogP contribution in [0.15, 0.2) is 0 Å². The highest BCUT2D eigenvalue weighted by molar-refractivity contribution is 7.88. The molecule has 0 aromatic carbocycles. The number of carbonyl (C=O) groups excluding carboxylic acids is 4. The Kier molecular flexibility index (Phi) is 8.73. The lowest BCUT2D eigenvalue weighted by Crippen LogP contribution is -2.77. The lowest BCUT2D eigenvalue weighted by molar-refractivity contribution is -0.364. The molecule has 1 N–H and O–H groups in total. The average molecular weight is 485 g/mol. The van der Waals surface area contributed by atoms with E-state index >= 15 is 4.39 Å². The van der Waals surface area contributed by atoms with Crippen LogP contribution in [0.25, 0.3) is 0 Å². The van der Waals surface area contributed by atoms with Crippen molar-refractivity contribution in [1.82, 2.24) is 4.72 Å². The van der Waals surface area contributed by atoms with Crippen molar-refractivity contribution in [3.8, 4) is 0 Å². The molecule has 5 atom stereocenters. The summed E-state index contributed by atoms with van der Waals surface area (Å²) >= 11 is 0. The van der Waals surface area contributed by atoms with E-state index < -0.39 is 76.3 Å². The fourth-order valence-electron chi connectivity index (χ4n) is 3.29. The molecule has 0 radical (unpaired) electrons. The highest BCUT2D eigenvalue weighted by atomic mass is 32.2. The van der Waals surface area contributed by atoms with Crippen LogP contribution in [0.2, 0.25) is 0 Å². The smallest absolute Gasteiger partial charge is 0.305 e. The molecule has 184 valence electrons. The SMILES string of the molecule is CC(=O)OC[C@@H](OC(C)=O)[C@@]1(OC(C)=O)OC(C)(C)C(F)C(OC(C)=O)C1NS(C)(=O)=O. The van der Waals surface area contributed by atoms with E-state index in [1.807, 2.05) is 4.72 Å². The summed E-state index contributed by atoms with van der Waals surface area (Å²) in [5, 5.41) is 0. The number of sulfonamides is 1. The lowest BCUT2D eigenvalue weighted by atomic mass is 9.82. The van der Waals surface area contributed by atoms with E-state index in [9.17, 15) is 27.6 Å². The van der Waals surface area contributed by atoms with E-state index in [0.29, 0.717) is 0 Å². The zero-order valence-corrected chi connectivity index (χ0v) is 19.6. The number of hydrogen-bond donors (Lipinski definition) is 1. The van der Waals surface area contributed by atoms with Crippen LogP contribution in [-0.2, 0) is 52.9 Å². The first-order valence-corrected chi connectivity index (χ1v) is 11.3. The predicted octanol–water partition coefficient (Wildman–Crippen LogP) is -0.263. The lowest BCUT2D eigenvalue weighted by Gasteiger charge is -2.54. The van der Waals surface area contributed by atoms with Gasteiger partial charge in [-0.1, -0.05) is 0 Å². The van der Waals surface area contributed by atoms with Crippen molar-refractivity contribution in [1.29, 1.82) is 0 Å². The second kappa shape index (κ2) is 10.1. The molecule has 12 nitrogen and oxygen atoms in total. The number of alkyl halides is 1. The minimum atomic E-state index is -4.18. The van der Waals surface area contributed by atoms with Crippen LogP contribution in [0.5, 0.6) is 0 Å². The van der Waals surface area contributed by atoms with E-state index in [-0.39, 0.29) is 0 Å². The maximum absolute atomic E-state index is 15.4. The summed E-state index contributed by atoms with van der Waals surface area (Å²) in [4.78, 5) is 46.9. The first-order valence-electron chi connectivity index (χ1n) is 9.40. The minimum absolute atomic E-state index is 0.718. The number of halogens is 1. The van der Waals surface area contributed by atoms with Crippen molar-refractivity contribution in [3.05, 3.63) is 0 Å². The molecule has 32 heavy (non-hydrogen) atoms. The van der Waals surface area contributed by atoms with Gasteiger partial charge in [0, 0.05) is 27.7 Å². The normalized spacial score (nSPS) is 28.2. The van der Waals surface area contributed by atoms with Gasteiger partial charge in [-0.05, 0) is 13.8 Å². The van der Waals surface area contributed by atoms with Crippen molar-refractivity contribution in [2.24, 2.45) is 0 Å². The molecule has 1 saturated heterocycles. The van der Waals surface area contributed by atoms with Gasteiger partial charge in [-0.15, -0.1) is 0 Å². The molecule has 14 heteroatoms. The number of esters is 4. The third-order valence-electron chi connectivity index (χ3n) is 4.28. The van der Waals surface area contributed by atoms with Crippen LogP contribution in [0.4, 0.5) is 4.39 Å². The fraction of sp³-hybridized carbons (Fsp3) is 0.778. The van der Waals surface area contributed by atoms with Crippen molar-refractivity contribution >= 4 is 33.9 Å². The molecule has 1 fully saturated rings. The van der Waals surface area contributed by atoms with Crippen LogP contribution in [0.1, 0.15) is 41.5 Å². The zero-order chi connectivity index (χ0) is 25.1. The topological polar surface area (TPSA) is 161 Å². The predicted molar refractivity (Wildman–Crippen MR) is 104 cm³/mol. The molecule has 1 rings (SSSR count). The Labute approximate surface area is 185 Å². The van der Waals surface area contributed by atoms with Gasteiger partial charge in [0.15, 0.2) is 12.3 Å². The average Bonchev–Trinajstić information content (AvgIpc) is 2.57. The Balaban J connectivity index is 3.85. The molecule has 1 aliphatic rings. The van der Waals surface area contributed by atoms with Crippen LogP contribution in [0, 0.1) is 0 Å². The van der Waals surface area contributed by atoms with Crippen LogP contribution in [0.3, 0.4) is 0 Å². The fourth-order valence-corrected chi connectivity index (χ4v) is 4.05. The molecule has 0 amide bonds. The molecule has 0 aliphatic carbocycles. The van der Waals surface area contributed by atoms with Gasteiger partial charge >= 0.3 is 23.9 Å². The Morgan fingerprint density at radius 2 is 1.59 bits per heavy atom. The third-order valence-corrected chi connectivity index (χ3v) is 4.96. The van der Waals surface area contributed by atoms with Gasteiger partial charge in [0.05, 0.1) is 6.26 Å². The van der Waals surface area contributed by atoms with Crippen molar-refractivity contribution in [2.45, 2.75) is 77.4 Å². The van der Waals surface area contributed by atoms with E-state index in [1.165, 1.54) is 13.8 Å². The van der Waals surface area contributed by atoms with E-state index in [4.69, 9.17) is 23.7 Å². The van der Waals surface area contributed by atoms with E-state index in [2.05, 4.69) is 0 Å². The van der Waals surface area contributed by atoms with Gasteiger partial charge in [-0.25, -0.2) is 17.5 Å². The standard InChI is InChI=1S/C18H28FNO11S/c1-9(21)27-8-13(28-10(2)22)18(30-12(4)24)16(20-32(7,25)26)14(29-11(3)23)15(19)17(5,6)31-18/h13-16,20H,8H2,1-7H3/t13-,14?,15?,16?,18-/m1/s1. The Hall–Kier alpha value is -2.32. The Bertz CT molecular complexity index is 859. The summed E-state index contributed by atoms with van der Waals surface area (Å²) in [5.41, 5.74) is -1.86. The summed E-state index contributed by atoms with van der Waals surface area (Å²) in [6, 6.07) is -1.94. The number of carbonyl (C=O) groups is 4. The molecule has 3 unspecified atom stereocenters. The van der Waals surface area contributed by atoms with Gasteiger partial charge in [0.25, 0.3) is 5.79 Å². The number of nitrogens with one attached hydrogen (secondary N) is 1. The molecule has 0 bridgehead atoms. The largest absolute Gasteiger partial charge is 0.462 e. The van der Waals surface area contributed by atoms with Gasteiger partial charge in [0.1, 0.15) is 18.2 Å². The number of rotatable bonds is 8. The van der Waals surface area contributed by atoms with Gasteiger partial charge in [-0.2, -0.15) is 0 Å². The number of hydrogen-bond acceptors (Lipinski definition) is 11. The summed E-state index contributed by atoms with van der Waals surface area (Å²) in [7, 11) is -4.18.